The van der Waals surface area contributed by atoms with Gasteiger partial charge in [0, 0.05) is 11.1 Å². The van der Waals surface area contributed by atoms with Crippen molar-refractivity contribution in [2.75, 3.05) is 0 Å². The molecule has 0 bridgehead atoms. The van der Waals surface area contributed by atoms with E-state index in [1.165, 1.54) is 83.1 Å². The Morgan fingerprint density at radius 3 is 1.51 bits per heavy atom. The van der Waals surface area contributed by atoms with Crippen LogP contribution in [0.15, 0.2) is 231 Å². The SMILES string of the molecule is c1ccc(C2(c3ccccc3)c3ccccc3Oc3ccc(-c4ccccc4-c4ccc5c(c4)C4(c6ccccc6-5)c5ccccc5-c5c4ccc4ccccc54)cc32)cc1. The Kier molecular flexibility index (Phi) is 7.21. The highest BCUT2D eigenvalue weighted by Gasteiger charge is 2.52. The molecule has 1 heterocycles. The van der Waals surface area contributed by atoms with Gasteiger partial charge in [-0.3, -0.25) is 0 Å². The van der Waals surface area contributed by atoms with Gasteiger partial charge in [0.05, 0.1) is 10.8 Å². The zero-order valence-electron chi connectivity index (χ0n) is 33.3. The first-order valence-corrected chi connectivity index (χ1v) is 21.3. The maximum Gasteiger partial charge on any atom is 0.132 e. The van der Waals surface area contributed by atoms with Crippen molar-refractivity contribution < 1.29 is 4.74 Å². The molecule has 1 nitrogen and oxygen atoms in total. The predicted octanol–water partition coefficient (Wildman–Crippen LogP) is 15.0. The normalized spacial score (nSPS) is 15.9. The standard InChI is InChI=1S/C60H38O/c1-3-18-42(19-4-1)59(43-20-5-2-6-21-43)52-29-15-16-30-56(52)61-57-36-33-41(38-55(57)59)45-23-10-9-22-44(45)40-31-34-48-47-25-11-13-27-50(47)60(54(48)37-40)51-28-14-12-26-49(51)58-46-24-8-7-17-39(46)32-35-53(58)60/h1-38H. The maximum absolute atomic E-state index is 6.80. The van der Waals surface area contributed by atoms with Crippen LogP contribution in [0, 0.1) is 0 Å². The molecule has 1 atom stereocenters. The van der Waals surface area contributed by atoms with Crippen molar-refractivity contribution in [2.24, 2.45) is 0 Å². The highest BCUT2D eigenvalue weighted by molar-refractivity contribution is 6.06. The summed E-state index contributed by atoms with van der Waals surface area (Å²) in [4.78, 5) is 0. The van der Waals surface area contributed by atoms with Crippen LogP contribution in [-0.4, -0.2) is 0 Å². The number of benzene rings is 10. The molecule has 0 amide bonds. The summed E-state index contributed by atoms with van der Waals surface area (Å²) in [5, 5.41) is 2.57. The molecule has 1 unspecified atom stereocenters. The fraction of sp³-hybridized carbons (Fsp3) is 0.0333. The summed E-state index contributed by atoms with van der Waals surface area (Å²) in [6, 6.07) is 85.2. The van der Waals surface area contributed by atoms with Crippen LogP contribution in [-0.2, 0) is 10.8 Å². The number of hydrogen-bond acceptors (Lipinski definition) is 1. The summed E-state index contributed by atoms with van der Waals surface area (Å²) in [6.45, 7) is 0. The Morgan fingerprint density at radius 2 is 0.787 bits per heavy atom. The van der Waals surface area contributed by atoms with E-state index >= 15 is 0 Å². The summed E-state index contributed by atoms with van der Waals surface area (Å²) in [5.74, 6) is 1.75. The monoisotopic (exact) mass is 774 g/mol. The molecular weight excluding hydrogens is 737 g/mol. The molecule has 61 heavy (non-hydrogen) atoms. The average Bonchev–Trinajstić information content (AvgIpc) is 3.81. The van der Waals surface area contributed by atoms with Gasteiger partial charge >= 0.3 is 0 Å². The third-order valence-electron chi connectivity index (χ3n) is 13.8. The van der Waals surface area contributed by atoms with Gasteiger partial charge < -0.3 is 4.74 Å². The lowest BCUT2D eigenvalue weighted by Gasteiger charge is -2.41. The Bertz CT molecular complexity index is 3360. The zero-order valence-corrected chi connectivity index (χ0v) is 33.3. The summed E-state index contributed by atoms with van der Waals surface area (Å²) in [6.07, 6.45) is 0. The molecule has 0 N–H and O–H groups in total. The molecule has 13 rings (SSSR count). The van der Waals surface area contributed by atoms with E-state index in [-0.39, 0.29) is 0 Å². The van der Waals surface area contributed by atoms with Crippen LogP contribution in [0.25, 0.3) is 55.3 Å². The van der Waals surface area contributed by atoms with Gasteiger partial charge in [-0.05, 0) is 113 Å². The van der Waals surface area contributed by atoms with Crippen molar-refractivity contribution in [3.05, 3.63) is 275 Å². The van der Waals surface area contributed by atoms with Gasteiger partial charge in [-0.25, -0.2) is 0 Å². The van der Waals surface area contributed by atoms with Crippen LogP contribution in [0.1, 0.15) is 44.5 Å². The largest absolute Gasteiger partial charge is 0.457 e. The minimum Gasteiger partial charge on any atom is -0.457 e. The van der Waals surface area contributed by atoms with Gasteiger partial charge in [0.2, 0.25) is 0 Å². The molecule has 3 aliphatic rings. The van der Waals surface area contributed by atoms with E-state index in [9.17, 15) is 0 Å². The molecule has 1 spiro atoms. The second kappa shape index (κ2) is 12.9. The van der Waals surface area contributed by atoms with Gasteiger partial charge in [0.25, 0.3) is 0 Å². The first-order valence-electron chi connectivity index (χ1n) is 21.3. The fourth-order valence-corrected chi connectivity index (χ4v) is 11.4. The van der Waals surface area contributed by atoms with Crippen molar-refractivity contribution >= 4 is 10.8 Å². The zero-order chi connectivity index (χ0) is 40.1. The first-order chi connectivity index (χ1) is 30.3. The molecule has 10 aromatic carbocycles. The molecule has 0 radical (unpaired) electrons. The lowest BCUT2D eigenvalue weighted by Crippen LogP contribution is -2.34. The van der Waals surface area contributed by atoms with Gasteiger partial charge in [-0.2, -0.15) is 0 Å². The molecule has 0 saturated heterocycles. The van der Waals surface area contributed by atoms with Gasteiger partial charge in [0.1, 0.15) is 11.5 Å². The first kappa shape index (κ1) is 34.2. The summed E-state index contributed by atoms with van der Waals surface area (Å²) in [7, 11) is 0. The topological polar surface area (TPSA) is 9.23 Å². The number of hydrogen-bond donors (Lipinski definition) is 0. The van der Waals surface area contributed by atoms with Crippen LogP contribution in [0.5, 0.6) is 11.5 Å². The molecule has 0 aromatic heterocycles. The van der Waals surface area contributed by atoms with Crippen molar-refractivity contribution in [3.8, 4) is 56.0 Å². The third-order valence-corrected chi connectivity index (χ3v) is 13.8. The van der Waals surface area contributed by atoms with Crippen molar-refractivity contribution in [1.29, 1.82) is 0 Å². The van der Waals surface area contributed by atoms with Crippen molar-refractivity contribution in [3.63, 3.8) is 0 Å². The number of para-hydroxylation sites is 1. The highest BCUT2D eigenvalue weighted by Crippen LogP contribution is 2.64. The van der Waals surface area contributed by atoms with Crippen LogP contribution in [0.4, 0.5) is 0 Å². The second-order valence-electron chi connectivity index (χ2n) is 16.6. The number of ether oxygens (including phenoxy) is 1. The maximum atomic E-state index is 6.80. The van der Waals surface area contributed by atoms with E-state index in [1.54, 1.807) is 0 Å². The van der Waals surface area contributed by atoms with Crippen LogP contribution < -0.4 is 4.74 Å². The lowest BCUT2D eigenvalue weighted by atomic mass is 9.63. The van der Waals surface area contributed by atoms with E-state index in [0.29, 0.717) is 0 Å². The lowest BCUT2D eigenvalue weighted by molar-refractivity contribution is 0.434. The van der Waals surface area contributed by atoms with Gasteiger partial charge in [0.15, 0.2) is 0 Å². The fourth-order valence-electron chi connectivity index (χ4n) is 11.4. The number of fused-ring (bicyclic) bond motifs is 14. The molecule has 0 fully saturated rings. The van der Waals surface area contributed by atoms with Crippen molar-refractivity contribution in [1.82, 2.24) is 0 Å². The van der Waals surface area contributed by atoms with E-state index in [2.05, 4.69) is 231 Å². The Balaban J connectivity index is 1.04. The molecule has 284 valence electrons. The van der Waals surface area contributed by atoms with Crippen molar-refractivity contribution in [2.45, 2.75) is 10.8 Å². The molecule has 1 aliphatic heterocycles. The average molecular weight is 775 g/mol. The quantitative estimate of drug-likeness (QED) is 0.173. The third kappa shape index (κ3) is 4.55. The predicted molar refractivity (Wildman–Crippen MR) is 250 cm³/mol. The summed E-state index contributed by atoms with van der Waals surface area (Å²) in [5.41, 5.74) is 19.0. The Morgan fingerprint density at radius 1 is 0.279 bits per heavy atom. The van der Waals surface area contributed by atoms with E-state index in [4.69, 9.17) is 4.74 Å². The minimum absolute atomic E-state index is 0.450. The van der Waals surface area contributed by atoms with Gasteiger partial charge in [-0.1, -0.05) is 206 Å². The Hall–Kier alpha value is -7.74. The summed E-state index contributed by atoms with van der Waals surface area (Å²) < 4.78 is 6.80. The minimum atomic E-state index is -0.600. The smallest absolute Gasteiger partial charge is 0.132 e. The van der Waals surface area contributed by atoms with Gasteiger partial charge in [-0.15, -0.1) is 0 Å². The molecule has 2 aliphatic carbocycles. The Labute approximate surface area is 355 Å². The molecule has 0 saturated carbocycles. The second-order valence-corrected chi connectivity index (χ2v) is 16.6. The number of rotatable bonds is 4. The van der Waals surface area contributed by atoms with E-state index in [1.807, 2.05) is 0 Å². The van der Waals surface area contributed by atoms with Crippen LogP contribution >= 0.6 is 0 Å². The van der Waals surface area contributed by atoms with E-state index in [0.717, 1.165) is 28.2 Å². The highest BCUT2D eigenvalue weighted by atomic mass is 16.5. The van der Waals surface area contributed by atoms with Crippen LogP contribution in [0.2, 0.25) is 0 Å². The molecule has 10 aromatic rings. The van der Waals surface area contributed by atoms with Crippen LogP contribution in [0.3, 0.4) is 0 Å². The summed E-state index contributed by atoms with van der Waals surface area (Å²) >= 11 is 0. The molecule has 1 heteroatoms. The molecular formula is C60H38O. The van der Waals surface area contributed by atoms with E-state index < -0.39 is 10.8 Å².